The zero-order valence-electron chi connectivity index (χ0n) is 5.66. The lowest BCUT2D eigenvalue weighted by Crippen LogP contribution is -2.53. The number of ether oxygens (including phenoxy) is 1. The molecule has 0 unspecified atom stereocenters. The fraction of sp³-hybridized carbons (Fsp3) is 1.00. The standard InChI is InChI=1S/C6H10O5/c7-1-2(8)4(10)6-5(11-6)3(1)9/h1-10H/t1-,2+,3-,4-,5-,6+/m0/s1. The Kier molecular flexibility index (Phi) is 1.45. The summed E-state index contributed by atoms with van der Waals surface area (Å²) >= 11 is 0. The van der Waals surface area contributed by atoms with Crippen molar-refractivity contribution in [3.05, 3.63) is 0 Å². The smallest absolute Gasteiger partial charge is 0.115 e. The SMILES string of the molecule is O[C@@H]1[C@H](O)[C@H](O)[C@@H]2O[C@@H]2[C@H]1O. The van der Waals surface area contributed by atoms with Gasteiger partial charge in [0.2, 0.25) is 0 Å². The van der Waals surface area contributed by atoms with Crippen molar-refractivity contribution in [3.63, 3.8) is 0 Å². The zero-order chi connectivity index (χ0) is 8.17. The second kappa shape index (κ2) is 2.15. The van der Waals surface area contributed by atoms with Crippen LogP contribution in [0.25, 0.3) is 0 Å². The van der Waals surface area contributed by atoms with Crippen molar-refractivity contribution in [2.45, 2.75) is 36.6 Å². The molecular formula is C6H10O5. The van der Waals surface area contributed by atoms with Crippen LogP contribution in [-0.4, -0.2) is 57.0 Å². The molecule has 0 aromatic rings. The predicted molar refractivity (Wildman–Crippen MR) is 32.7 cm³/mol. The highest BCUT2D eigenvalue weighted by Gasteiger charge is 2.59. The molecule has 5 heteroatoms. The number of hydrogen-bond donors (Lipinski definition) is 4. The van der Waals surface area contributed by atoms with Gasteiger partial charge in [0.25, 0.3) is 0 Å². The highest BCUT2D eigenvalue weighted by molar-refractivity contribution is 5.07. The minimum Gasteiger partial charge on any atom is -0.387 e. The molecule has 0 amide bonds. The van der Waals surface area contributed by atoms with E-state index in [1.165, 1.54) is 0 Å². The van der Waals surface area contributed by atoms with Crippen molar-refractivity contribution >= 4 is 0 Å². The first-order chi connectivity index (χ1) is 5.13. The van der Waals surface area contributed by atoms with Crippen molar-refractivity contribution < 1.29 is 25.2 Å². The Morgan fingerprint density at radius 3 is 1.36 bits per heavy atom. The van der Waals surface area contributed by atoms with E-state index >= 15 is 0 Å². The van der Waals surface area contributed by atoms with Gasteiger partial charge in [-0.1, -0.05) is 0 Å². The maximum atomic E-state index is 9.13. The monoisotopic (exact) mass is 162 g/mol. The van der Waals surface area contributed by atoms with Gasteiger partial charge in [0.15, 0.2) is 0 Å². The normalized spacial score (nSPS) is 62.2. The lowest BCUT2D eigenvalue weighted by Gasteiger charge is -2.28. The first kappa shape index (κ1) is 7.45. The number of aliphatic hydroxyl groups is 4. The lowest BCUT2D eigenvalue weighted by atomic mass is 9.90. The number of epoxide rings is 1. The van der Waals surface area contributed by atoms with Gasteiger partial charge in [-0.05, 0) is 0 Å². The molecule has 0 spiro atoms. The van der Waals surface area contributed by atoms with E-state index in [4.69, 9.17) is 25.2 Å². The van der Waals surface area contributed by atoms with Gasteiger partial charge in [0, 0.05) is 0 Å². The summed E-state index contributed by atoms with van der Waals surface area (Å²) in [4.78, 5) is 0. The average Bonchev–Trinajstić information content (AvgIpc) is 2.76. The summed E-state index contributed by atoms with van der Waals surface area (Å²) in [7, 11) is 0. The van der Waals surface area contributed by atoms with Crippen molar-refractivity contribution in [3.8, 4) is 0 Å². The van der Waals surface area contributed by atoms with E-state index in [2.05, 4.69) is 0 Å². The second-order valence-corrected chi connectivity index (χ2v) is 3.03. The summed E-state index contributed by atoms with van der Waals surface area (Å²) in [5.74, 6) is 0. The molecule has 11 heavy (non-hydrogen) atoms. The first-order valence-corrected chi connectivity index (χ1v) is 3.50. The third-order valence-corrected chi connectivity index (χ3v) is 2.28. The minimum atomic E-state index is -1.30. The van der Waals surface area contributed by atoms with Gasteiger partial charge in [-0.2, -0.15) is 0 Å². The van der Waals surface area contributed by atoms with Crippen molar-refractivity contribution in [1.82, 2.24) is 0 Å². The summed E-state index contributed by atoms with van der Waals surface area (Å²) in [6, 6.07) is 0. The molecule has 1 saturated carbocycles. The van der Waals surface area contributed by atoms with E-state index in [1.54, 1.807) is 0 Å². The average molecular weight is 162 g/mol. The van der Waals surface area contributed by atoms with E-state index in [-0.39, 0.29) is 0 Å². The van der Waals surface area contributed by atoms with Crippen LogP contribution in [-0.2, 0) is 4.74 Å². The maximum Gasteiger partial charge on any atom is 0.115 e. The molecule has 64 valence electrons. The lowest BCUT2D eigenvalue weighted by molar-refractivity contribution is -0.121. The third-order valence-electron chi connectivity index (χ3n) is 2.28. The summed E-state index contributed by atoms with van der Waals surface area (Å²) in [5.41, 5.74) is 0. The summed E-state index contributed by atoms with van der Waals surface area (Å²) in [6.45, 7) is 0. The molecule has 0 aromatic heterocycles. The number of aliphatic hydroxyl groups excluding tert-OH is 4. The van der Waals surface area contributed by atoms with Crippen molar-refractivity contribution in [2.24, 2.45) is 0 Å². The molecule has 0 aromatic carbocycles. The van der Waals surface area contributed by atoms with Crippen molar-refractivity contribution in [2.75, 3.05) is 0 Å². The van der Waals surface area contributed by atoms with Crippen LogP contribution in [0, 0.1) is 0 Å². The van der Waals surface area contributed by atoms with E-state index in [9.17, 15) is 0 Å². The van der Waals surface area contributed by atoms with E-state index in [0.717, 1.165) is 0 Å². The van der Waals surface area contributed by atoms with Crippen molar-refractivity contribution in [1.29, 1.82) is 0 Å². The molecule has 6 atom stereocenters. The quantitative estimate of drug-likeness (QED) is 0.289. The molecule has 1 aliphatic heterocycles. The van der Waals surface area contributed by atoms with Gasteiger partial charge >= 0.3 is 0 Å². The molecule has 5 nitrogen and oxygen atoms in total. The van der Waals surface area contributed by atoms with Crippen LogP contribution in [0.4, 0.5) is 0 Å². The van der Waals surface area contributed by atoms with Gasteiger partial charge in [-0.25, -0.2) is 0 Å². The molecule has 4 N–H and O–H groups in total. The maximum absolute atomic E-state index is 9.13. The van der Waals surface area contributed by atoms with Gasteiger partial charge < -0.3 is 25.2 Å². The highest BCUT2D eigenvalue weighted by atomic mass is 16.6. The molecule has 0 radical (unpaired) electrons. The summed E-state index contributed by atoms with van der Waals surface area (Å²) in [5, 5.41) is 36.4. The summed E-state index contributed by atoms with van der Waals surface area (Å²) in [6.07, 6.45) is -5.73. The Bertz CT molecular complexity index is 154. The van der Waals surface area contributed by atoms with Crippen LogP contribution in [0.5, 0.6) is 0 Å². The van der Waals surface area contributed by atoms with Crippen LogP contribution in [0.3, 0.4) is 0 Å². The van der Waals surface area contributed by atoms with Gasteiger partial charge in [0.05, 0.1) is 0 Å². The van der Waals surface area contributed by atoms with Crippen LogP contribution in [0.15, 0.2) is 0 Å². The summed E-state index contributed by atoms with van der Waals surface area (Å²) < 4.78 is 4.82. The van der Waals surface area contributed by atoms with E-state index in [1.807, 2.05) is 0 Å². The molecule has 2 rings (SSSR count). The minimum absolute atomic E-state index is 0.497. The Balaban J connectivity index is 2.13. The van der Waals surface area contributed by atoms with Crippen LogP contribution >= 0.6 is 0 Å². The van der Waals surface area contributed by atoms with E-state index < -0.39 is 36.6 Å². The number of rotatable bonds is 0. The van der Waals surface area contributed by atoms with Gasteiger partial charge in [-0.3, -0.25) is 0 Å². The van der Waals surface area contributed by atoms with Gasteiger partial charge in [0.1, 0.15) is 36.6 Å². The van der Waals surface area contributed by atoms with Crippen LogP contribution in [0.1, 0.15) is 0 Å². The van der Waals surface area contributed by atoms with Gasteiger partial charge in [-0.15, -0.1) is 0 Å². The molecule has 2 fully saturated rings. The Hall–Kier alpha value is -0.200. The molecule has 1 aliphatic carbocycles. The number of hydrogen-bond acceptors (Lipinski definition) is 5. The van der Waals surface area contributed by atoms with Crippen LogP contribution < -0.4 is 0 Å². The molecule has 1 saturated heterocycles. The Labute approximate surface area is 62.8 Å². The third kappa shape index (κ3) is 0.896. The topological polar surface area (TPSA) is 93.5 Å². The molecule has 0 bridgehead atoms. The number of fused-ring (bicyclic) bond motifs is 1. The second-order valence-electron chi connectivity index (χ2n) is 3.03. The molecule has 2 aliphatic rings. The fourth-order valence-corrected chi connectivity index (χ4v) is 1.48. The van der Waals surface area contributed by atoms with Crippen LogP contribution in [0.2, 0.25) is 0 Å². The Morgan fingerprint density at radius 1 is 0.636 bits per heavy atom. The first-order valence-electron chi connectivity index (χ1n) is 3.50. The highest BCUT2D eigenvalue weighted by Crippen LogP contribution is 2.37. The largest absolute Gasteiger partial charge is 0.387 e. The fourth-order valence-electron chi connectivity index (χ4n) is 1.48. The molecular weight excluding hydrogens is 152 g/mol. The Morgan fingerprint density at radius 2 is 1.00 bits per heavy atom. The zero-order valence-corrected chi connectivity index (χ0v) is 5.66. The van der Waals surface area contributed by atoms with E-state index in [0.29, 0.717) is 0 Å². The molecule has 1 heterocycles. The predicted octanol–water partition coefficient (Wildman–Crippen LogP) is -2.79.